The molecule has 0 radical (unpaired) electrons. The molecule has 0 aromatic carbocycles. The summed E-state index contributed by atoms with van der Waals surface area (Å²) in [7, 11) is 1.33. The van der Waals surface area contributed by atoms with Crippen LogP contribution in [0, 0.1) is 28.6 Å². The first kappa shape index (κ1) is 28.7. The van der Waals surface area contributed by atoms with Crippen LogP contribution < -0.4 is 16.0 Å². The number of esters is 1. The summed E-state index contributed by atoms with van der Waals surface area (Å²) >= 11 is 0. The molecule has 5 atom stereocenters. The van der Waals surface area contributed by atoms with Crippen molar-refractivity contribution in [3.63, 3.8) is 0 Å². The number of carbonyl (C=O) groups excluding carboxylic acids is 4. The number of urea groups is 1. The average molecular weight is 497 g/mol. The van der Waals surface area contributed by atoms with Crippen LogP contribution in [0.5, 0.6) is 0 Å². The van der Waals surface area contributed by atoms with E-state index in [1.54, 1.807) is 18.7 Å². The molecule has 3 N–H and O–H groups in total. The van der Waals surface area contributed by atoms with Crippen molar-refractivity contribution < 1.29 is 28.7 Å². The van der Waals surface area contributed by atoms with Gasteiger partial charge in [0.25, 0.3) is 0 Å². The Morgan fingerprint density at radius 1 is 1.06 bits per heavy atom. The summed E-state index contributed by atoms with van der Waals surface area (Å²) < 4.78 is 10.1. The normalized spacial score (nSPS) is 24.3. The second kappa shape index (κ2) is 10.6. The highest BCUT2D eigenvalue weighted by molar-refractivity contribution is 5.92. The Bertz CT molecular complexity index is 819. The Morgan fingerprint density at radius 2 is 1.66 bits per heavy atom. The minimum Gasteiger partial charge on any atom is -0.467 e. The van der Waals surface area contributed by atoms with Crippen molar-refractivity contribution in [2.45, 2.75) is 86.5 Å². The van der Waals surface area contributed by atoms with E-state index >= 15 is 0 Å². The lowest BCUT2D eigenvalue weighted by Crippen LogP contribution is -2.61. The molecular weight excluding hydrogens is 452 g/mol. The van der Waals surface area contributed by atoms with Crippen molar-refractivity contribution in [1.82, 2.24) is 20.9 Å². The van der Waals surface area contributed by atoms with E-state index in [9.17, 15) is 19.2 Å². The van der Waals surface area contributed by atoms with Gasteiger partial charge in [0.2, 0.25) is 5.91 Å². The lowest BCUT2D eigenvalue weighted by atomic mass is 9.85. The van der Waals surface area contributed by atoms with Crippen LogP contribution in [0.2, 0.25) is 0 Å². The number of piperidine rings is 1. The van der Waals surface area contributed by atoms with E-state index in [1.165, 1.54) is 7.11 Å². The fourth-order valence-electron chi connectivity index (χ4n) is 4.96. The van der Waals surface area contributed by atoms with Crippen LogP contribution in [-0.4, -0.2) is 73.3 Å². The van der Waals surface area contributed by atoms with Gasteiger partial charge >= 0.3 is 18.1 Å². The fraction of sp³-hybridized carbons (Fsp3) is 0.840. The summed E-state index contributed by atoms with van der Waals surface area (Å²) in [6, 6.07) is -2.41. The standard InChI is InChI=1S/C25H44N4O6/c1-13(2)16(11-26-23(33)35-14(3)4)27-22(32)28-19(24(5,6)7)20(30)29-12-15-17(25(15,8)9)18(29)21(31)34-10/h13-19H,11-12H2,1-10H3,(H,26,33)(H2,27,28,32)/t15-,16+,17-,18-,19+/m0/s1. The van der Waals surface area contributed by atoms with Gasteiger partial charge < -0.3 is 30.3 Å². The second-order valence-corrected chi connectivity index (χ2v) is 12.0. The van der Waals surface area contributed by atoms with Crippen molar-refractivity contribution in [3.8, 4) is 0 Å². The summed E-state index contributed by atoms with van der Waals surface area (Å²) in [6.07, 6.45) is -0.807. The van der Waals surface area contributed by atoms with Gasteiger partial charge in [-0.05, 0) is 36.5 Å². The van der Waals surface area contributed by atoms with Crippen LogP contribution in [0.15, 0.2) is 0 Å². The number of hydrogen-bond acceptors (Lipinski definition) is 6. The van der Waals surface area contributed by atoms with E-state index in [0.717, 1.165) is 0 Å². The first-order valence-electron chi connectivity index (χ1n) is 12.4. The van der Waals surface area contributed by atoms with E-state index in [4.69, 9.17) is 9.47 Å². The van der Waals surface area contributed by atoms with E-state index in [2.05, 4.69) is 29.8 Å². The molecule has 10 nitrogen and oxygen atoms in total. The molecule has 2 fully saturated rings. The van der Waals surface area contributed by atoms with Gasteiger partial charge in [0.1, 0.15) is 12.1 Å². The van der Waals surface area contributed by atoms with E-state index in [0.29, 0.717) is 6.54 Å². The highest BCUT2D eigenvalue weighted by Gasteiger charge is 2.70. The summed E-state index contributed by atoms with van der Waals surface area (Å²) in [5.41, 5.74) is -0.629. The SMILES string of the molecule is COC(=O)[C@@H]1[C@@H]2[C@H](CN1C(=O)[C@@H](NC(=O)N[C@H](CNC(=O)OC(C)C)C(C)C)C(C)(C)C)C2(C)C. The van der Waals surface area contributed by atoms with Gasteiger partial charge in [-0.25, -0.2) is 14.4 Å². The number of likely N-dealkylation sites (tertiary alicyclic amines) is 1. The van der Waals surface area contributed by atoms with E-state index < -0.39 is 35.6 Å². The molecule has 1 saturated heterocycles. The molecule has 1 heterocycles. The number of amides is 4. The molecule has 0 aromatic heterocycles. The molecule has 0 spiro atoms. The van der Waals surface area contributed by atoms with Crippen molar-refractivity contribution >= 4 is 24.0 Å². The van der Waals surface area contributed by atoms with Gasteiger partial charge in [-0.1, -0.05) is 48.5 Å². The number of fused-ring (bicyclic) bond motifs is 1. The highest BCUT2D eigenvalue weighted by atomic mass is 16.6. The second-order valence-electron chi connectivity index (χ2n) is 12.0. The Hall–Kier alpha value is -2.52. The van der Waals surface area contributed by atoms with Crippen LogP contribution in [-0.2, 0) is 19.1 Å². The maximum Gasteiger partial charge on any atom is 0.407 e. The zero-order valence-electron chi connectivity index (χ0n) is 22.9. The van der Waals surface area contributed by atoms with Crippen LogP contribution in [0.3, 0.4) is 0 Å². The van der Waals surface area contributed by atoms with Crippen LogP contribution >= 0.6 is 0 Å². The number of ether oxygens (including phenoxy) is 2. The molecule has 0 unspecified atom stereocenters. The van der Waals surface area contributed by atoms with E-state index in [1.807, 2.05) is 34.6 Å². The Morgan fingerprint density at radius 3 is 2.14 bits per heavy atom. The molecule has 1 aliphatic heterocycles. The third-order valence-electron chi connectivity index (χ3n) is 7.25. The van der Waals surface area contributed by atoms with Crippen molar-refractivity contribution in [3.05, 3.63) is 0 Å². The van der Waals surface area contributed by atoms with Gasteiger partial charge in [-0.3, -0.25) is 4.79 Å². The van der Waals surface area contributed by atoms with Crippen molar-refractivity contribution in [1.29, 1.82) is 0 Å². The lowest BCUT2D eigenvalue weighted by Gasteiger charge is -2.37. The fourth-order valence-corrected chi connectivity index (χ4v) is 4.96. The van der Waals surface area contributed by atoms with Gasteiger partial charge in [-0.15, -0.1) is 0 Å². The zero-order valence-corrected chi connectivity index (χ0v) is 22.9. The van der Waals surface area contributed by atoms with E-state index in [-0.39, 0.29) is 47.8 Å². The molecule has 0 aromatic rings. The largest absolute Gasteiger partial charge is 0.467 e. The first-order valence-corrected chi connectivity index (χ1v) is 12.4. The molecule has 200 valence electrons. The Labute approximate surface area is 209 Å². The van der Waals surface area contributed by atoms with Gasteiger partial charge in [0, 0.05) is 19.0 Å². The number of hydrogen-bond donors (Lipinski definition) is 3. The van der Waals surface area contributed by atoms with Crippen LogP contribution in [0.4, 0.5) is 9.59 Å². The third-order valence-corrected chi connectivity index (χ3v) is 7.25. The Kier molecular flexibility index (Phi) is 8.71. The lowest BCUT2D eigenvalue weighted by molar-refractivity contribution is -0.154. The third kappa shape index (κ3) is 6.58. The summed E-state index contributed by atoms with van der Waals surface area (Å²) in [5, 5.41) is 8.36. The molecule has 1 aliphatic carbocycles. The number of methoxy groups -OCH3 is 1. The highest BCUT2D eigenvalue weighted by Crippen LogP contribution is 2.65. The number of carbonyl (C=O) groups is 4. The monoisotopic (exact) mass is 496 g/mol. The molecule has 0 bridgehead atoms. The number of alkyl carbamates (subject to hydrolysis) is 1. The minimum atomic E-state index is -0.859. The summed E-state index contributed by atoms with van der Waals surface area (Å²) in [5.74, 6) is -0.429. The van der Waals surface area contributed by atoms with Gasteiger partial charge in [0.05, 0.1) is 19.3 Å². The summed E-state index contributed by atoms with van der Waals surface area (Å²) in [6.45, 7) is 17.8. The molecule has 2 aliphatic rings. The van der Waals surface area contributed by atoms with Crippen molar-refractivity contribution in [2.75, 3.05) is 20.2 Å². The van der Waals surface area contributed by atoms with Crippen LogP contribution in [0.1, 0.15) is 62.3 Å². The maximum atomic E-state index is 13.7. The van der Waals surface area contributed by atoms with Crippen LogP contribution in [0.25, 0.3) is 0 Å². The first-order chi connectivity index (χ1) is 16.0. The number of rotatable bonds is 8. The molecule has 35 heavy (non-hydrogen) atoms. The molecule has 2 rings (SSSR count). The Balaban J connectivity index is 2.11. The van der Waals surface area contributed by atoms with Gasteiger partial charge in [0.15, 0.2) is 0 Å². The average Bonchev–Trinajstić information content (AvgIpc) is 3.07. The predicted molar refractivity (Wildman–Crippen MR) is 131 cm³/mol. The number of nitrogens with zero attached hydrogens (tertiary/aromatic N) is 1. The smallest absolute Gasteiger partial charge is 0.407 e. The summed E-state index contributed by atoms with van der Waals surface area (Å²) in [4.78, 5) is 52.7. The quantitative estimate of drug-likeness (QED) is 0.443. The minimum absolute atomic E-state index is 0.0144. The van der Waals surface area contributed by atoms with Crippen molar-refractivity contribution in [2.24, 2.45) is 28.6 Å². The number of nitrogens with one attached hydrogen (secondary N) is 3. The predicted octanol–water partition coefficient (Wildman–Crippen LogP) is 2.52. The molecule has 4 amide bonds. The molecule has 1 saturated carbocycles. The zero-order chi connectivity index (χ0) is 26.9. The molecule has 10 heteroatoms. The topological polar surface area (TPSA) is 126 Å². The molecular formula is C25H44N4O6. The maximum absolute atomic E-state index is 13.7. The van der Waals surface area contributed by atoms with Gasteiger partial charge in [-0.2, -0.15) is 0 Å².